The first-order valence-corrected chi connectivity index (χ1v) is 8.27. The third-order valence-electron chi connectivity index (χ3n) is 4.05. The summed E-state index contributed by atoms with van der Waals surface area (Å²) in [4.78, 5) is 25.2. The van der Waals surface area contributed by atoms with Crippen LogP contribution in [0, 0.1) is 0 Å². The molecule has 1 atom stereocenters. The van der Waals surface area contributed by atoms with Gasteiger partial charge in [0.2, 0.25) is 0 Å². The highest BCUT2D eigenvalue weighted by atomic mass is 16.6. The van der Waals surface area contributed by atoms with Crippen molar-refractivity contribution in [2.75, 3.05) is 13.7 Å². The van der Waals surface area contributed by atoms with Crippen molar-refractivity contribution in [1.29, 1.82) is 0 Å². The van der Waals surface area contributed by atoms with Crippen molar-refractivity contribution in [3.63, 3.8) is 0 Å². The molecular formula is C18H25NO4. The van der Waals surface area contributed by atoms with Crippen LogP contribution in [-0.2, 0) is 16.0 Å². The van der Waals surface area contributed by atoms with E-state index in [1.165, 1.54) is 26.4 Å². The largest absolute Gasteiger partial charge is 0.465 e. The fraction of sp³-hybridized carbons (Fsp3) is 0.556. The van der Waals surface area contributed by atoms with E-state index < -0.39 is 0 Å². The third-order valence-corrected chi connectivity index (χ3v) is 4.05. The molecule has 1 saturated heterocycles. The van der Waals surface area contributed by atoms with Gasteiger partial charge in [-0.3, -0.25) is 0 Å². The lowest BCUT2D eigenvalue weighted by Gasteiger charge is -2.13. The summed E-state index contributed by atoms with van der Waals surface area (Å²) in [6, 6.07) is 7.15. The maximum Gasteiger partial charge on any atom is 0.410 e. The van der Waals surface area contributed by atoms with E-state index in [-0.39, 0.29) is 18.2 Å². The number of rotatable bonds is 8. The highest BCUT2D eigenvalue weighted by Gasteiger charge is 2.30. The molecule has 1 amide bonds. The van der Waals surface area contributed by atoms with Gasteiger partial charge in [-0.2, -0.15) is 0 Å². The Balaban J connectivity index is 1.88. The Morgan fingerprint density at radius 3 is 2.91 bits per heavy atom. The number of carbonyl (C=O) groups excluding carboxylic acids is 2. The van der Waals surface area contributed by atoms with Crippen molar-refractivity contribution in [3.05, 3.63) is 35.4 Å². The molecule has 5 heteroatoms. The van der Waals surface area contributed by atoms with Crippen LogP contribution in [-0.4, -0.2) is 36.7 Å². The molecule has 5 nitrogen and oxygen atoms in total. The second-order valence-electron chi connectivity index (χ2n) is 5.93. The minimum atomic E-state index is -0.371. The van der Waals surface area contributed by atoms with Crippen LogP contribution in [0.3, 0.4) is 0 Å². The topological polar surface area (TPSA) is 55.8 Å². The summed E-state index contributed by atoms with van der Waals surface area (Å²) in [6.45, 7) is 3.25. The number of hydrogen-bond acceptors (Lipinski definition) is 4. The van der Waals surface area contributed by atoms with Gasteiger partial charge in [0.05, 0.1) is 19.2 Å². The number of methoxy groups -OCH3 is 1. The highest BCUT2D eigenvalue weighted by molar-refractivity contribution is 5.89. The summed E-state index contributed by atoms with van der Waals surface area (Å²) in [5.41, 5.74) is 1.39. The first-order valence-electron chi connectivity index (χ1n) is 8.27. The normalized spacial score (nSPS) is 17.2. The highest BCUT2D eigenvalue weighted by Crippen LogP contribution is 2.20. The van der Waals surface area contributed by atoms with Crippen LogP contribution >= 0.6 is 0 Å². The van der Waals surface area contributed by atoms with Crippen LogP contribution < -0.4 is 0 Å². The summed E-state index contributed by atoms with van der Waals surface area (Å²) in [7, 11) is 1.36. The molecule has 23 heavy (non-hydrogen) atoms. The average molecular weight is 319 g/mol. The Kier molecular flexibility index (Phi) is 6.44. The Bertz CT molecular complexity index is 544. The van der Waals surface area contributed by atoms with Crippen molar-refractivity contribution in [1.82, 2.24) is 4.90 Å². The van der Waals surface area contributed by atoms with E-state index in [0.29, 0.717) is 18.7 Å². The Morgan fingerprint density at radius 1 is 1.35 bits per heavy atom. The van der Waals surface area contributed by atoms with Crippen molar-refractivity contribution in [2.45, 2.75) is 51.7 Å². The van der Waals surface area contributed by atoms with Crippen LogP contribution in [0.5, 0.6) is 0 Å². The average Bonchev–Trinajstić information content (AvgIpc) is 2.91. The number of cyclic esters (lactones) is 1. The van der Waals surface area contributed by atoms with E-state index in [4.69, 9.17) is 9.47 Å². The van der Waals surface area contributed by atoms with Crippen molar-refractivity contribution >= 4 is 12.1 Å². The van der Waals surface area contributed by atoms with E-state index in [2.05, 4.69) is 6.92 Å². The second kappa shape index (κ2) is 8.56. The molecule has 1 aliphatic rings. The van der Waals surface area contributed by atoms with E-state index in [9.17, 15) is 9.59 Å². The van der Waals surface area contributed by atoms with Gasteiger partial charge in [-0.1, -0.05) is 38.3 Å². The van der Waals surface area contributed by atoms with Gasteiger partial charge in [0, 0.05) is 6.54 Å². The number of carbonyl (C=O) groups is 2. The molecule has 0 aromatic heterocycles. The fourth-order valence-electron chi connectivity index (χ4n) is 2.79. The Hall–Kier alpha value is -2.04. The quantitative estimate of drug-likeness (QED) is 0.541. The van der Waals surface area contributed by atoms with Gasteiger partial charge in [0.25, 0.3) is 0 Å². The summed E-state index contributed by atoms with van der Waals surface area (Å²) < 4.78 is 10.1. The molecule has 126 valence electrons. The molecule has 2 rings (SSSR count). The number of unbranched alkanes of at least 4 members (excludes halogenated alkanes) is 3. The van der Waals surface area contributed by atoms with Crippen molar-refractivity contribution in [2.24, 2.45) is 0 Å². The minimum absolute atomic E-state index is 0.0110. The van der Waals surface area contributed by atoms with Gasteiger partial charge in [-0.05, 0) is 30.5 Å². The molecule has 1 heterocycles. The van der Waals surface area contributed by atoms with Crippen molar-refractivity contribution < 1.29 is 19.1 Å². The minimum Gasteiger partial charge on any atom is -0.465 e. The predicted octanol–water partition coefficient (Wildman–Crippen LogP) is 3.76. The molecular weight excluding hydrogens is 294 g/mol. The van der Waals surface area contributed by atoms with Gasteiger partial charge in [0.1, 0.15) is 6.10 Å². The lowest BCUT2D eigenvalue weighted by atomic mass is 10.1. The molecule has 1 aromatic rings. The van der Waals surface area contributed by atoms with Crippen molar-refractivity contribution in [3.8, 4) is 0 Å². The van der Waals surface area contributed by atoms with Gasteiger partial charge >= 0.3 is 12.1 Å². The van der Waals surface area contributed by atoms with E-state index in [0.717, 1.165) is 18.4 Å². The summed E-state index contributed by atoms with van der Waals surface area (Å²) in [5, 5.41) is 0. The number of ether oxygens (including phenoxy) is 2. The maximum atomic E-state index is 12.0. The Morgan fingerprint density at radius 2 is 2.17 bits per heavy atom. The second-order valence-corrected chi connectivity index (χ2v) is 5.93. The van der Waals surface area contributed by atoms with Gasteiger partial charge in [-0.15, -0.1) is 0 Å². The summed E-state index contributed by atoms with van der Waals surface area (Å²) in [6.07, 6.45) is 5.35. The zero-order valence-electron chi connectivity index (χ0n) is 13.9. The van der Waals surface area contributed by atoms with Gasteiger partial charge < -0.3 is 14.4 Å². The summed E-state index contributed by atoms with van der Waals surface area (Å²) in [5.74, 6) is -0.371. The molecule has 0 N–H and O–H groups in total. The standard InChI is InChI=1S/C18H25NO4/c1-3-4-5-6-10-16-13-19(18(21)23-16)12-14-8-7-9-15(11-14)17(20)22-2/h7-9,11,16H,3-6,10,12-13H2,1-2H3. The van der Waals surface area contributed by atoms with Crippen LogP contribution in [0.15, 0.2) is 24.3 Å². The molecule has 1 fully saturated rings. The molecule has 1 aromatic carbocycles. The van der Waals surface area contributed by atoms with Gasteiger partial charge in [-0.25, -0.2) is 9.59 Å². The smallest absolute Gasteiger partial charge is 0.410 e. The van der Waals surface area contributed by atoms with E-state index in [1.54, 1.807) is 23.1 Å². The SMILES string of the molecule is CCCCCCC1CN(Cc2cccc(C(=O)OC)c2)C(=O)O1. The lowest BCUT2D eigenvalue weighted by Crippen LogP contribution is -2.24. The fourth-order valence-corrected chi connectivity index (χ4v) is 2.79. The molecule has 0 aliphatic carbocycles. The van der Waals surface area contributed by atoms with Crippen LogP contribution in [0.1, 0.15) is 54.9 Å². The molecule has 0 radical (unpaired) electrons. The molecule has 1 unspecified atom stereocenters. The molecule has 0 saturated carbocycles. The zero-order chi connectivity index (χ0) is 16.7. The number of nitrogens with zero attached hydrogens (tertiary/aromatic N) is 1. The number of esters is 1. The molecule has 1 aliphatic heterocycles. The van der Waals surface area contributed by atoms with Crippen LogP contribution in [0.25, 0.3) is 0 Å². The third kappa shape index (κ3) is 4.98. The number of benzene rings is 1. The molecule has 0 spiro atoms. The van der Waals surface area contributed by atoms with Crippen LogP contribution in [0.4, 0.5) is 4.79 Å². The number of hydrogen-bond donors (Lipinski definition) is 0. The molecule has 0 bridgehead atoms. The zero-order valence-corrected chi connectivity index (χ0v) is 13.9. The van der Waals surface area contributed by atoms with E-state index in [1.807, 2.05) is 6.07 Å². The predicted molar refractivity (Wildman–Crippen MR) is 87.2 cm³/mol. The summed E-state index contributed by atoms with van der Waals surface area (Å²) >= 11 is 0. The lowest BCUT2D eigenvalue weighted by molar-refractivity contribution is 0.0600. The Labute approximate surface area is 137 Å². The first-order chi connectivity index (χ1) is 11.1. The maximum absolute atomic E-state index is 12.0. The van der Waals surface area contributed by atoms with Gasteiger partial charge in [0.15, 0.2) is 0 Å². The monoisotopic (exact) mass is 319 g/mol. The number of amides is 1. The van der Waals surface area contributed by atoms with E-state index >= 15 is 0 Å². The van der Waals surface area contributed by atoms with Crippen LogP contribution in [0.2, 0.25) is 0 Å². The first kappa shape index (κ1) is 17.3.